The predicted molar refractivity (Wildman–Crippen MR) is 98.4 cm³/mol. The molecule has 25 heavy (non-hydrogen) atoms. The Labute approximate surface area is 161 Å². The minimum atomic E-state index is -0.550. The lowest BCUT2D eigenvalue weighted by molar-refractivity contribution is -0.148. The number of aromatic nitrogens is 3. The van der Waals surface area contributed by atoms with Crippen LogP contribution in [0.5, 0.6) is 5.75 Å². The van der Waals surface area contributed by atoms with E-state index in [4.69, 9.17) is 25.6 Å². The zero-order chi connectivity index (χ0) is 17.8. The van der Waals surface area contributed by atoms with Crippen molar-refractivity contribution in [1.29, 1.82) is 0 Å². The van der Waals surface area contributed by atoms with Crippen LogP contribution < -0.4 is 4.74 Å². The van der Waals surface area contributed by atoms with Gasteiger partial charge >= 0.3 is 5.97 Å². The third kappa shape index (κ3) is 4.18. The van der Waals surface area contributed by atoms with E-state index in [0.717, 1.165) is 8.96 Å². The Bertz CT molecular complexity index is 916. The van der Waals surface area contributed by atoms with E-state index in [0.29, 0.717) is 28.5 Å². The first kappa shape index (κ1) is 17.9. The van der Waals surface area contributed by atoms with Crippen LogP contribution in [0.3, 0.4) is 0 Å². The number of carbonyl (C=O) groups is 1. The fourth-order valence-electron chi connectivity index (χ4n) is 2.09. The first-order valence-electron chi connectivity index (χ1n) is 7.41. The fourth-order valence-corrected chi connectivity index (χ4v) is 3.26. The molecule has 0 N–H and O–H groups in total. The Hall–Kier alpha value is -1.94. The highest BCUT2D eigenvalue weighted by Crippen LogP contribution is 2.34. The van der Waals surface area contributed by atoms with Crippen LogP contribution in [0, 0.1) is 3.57 Å². The summed E-state index contributed by atoms with van der Waals surface area (Å²) in [6.45, 7) is 1.55. The monoisotopic (exact) mass is 473 g/mol. The summed E-state index contributed by atoms with van der Waals surface area (Å²) < 4.78 is 16.4. The maximum Gasteiger partial charge on any atom is 0.344 e. The Balaban J connectivity index is 1.65. The average molecular weight is 474 g/mol. The molecule has 0 bridgehead atoms. The van der Waals surface area contributed by atoms with E-state index in [1.807, 2.05) is 13.0 Å². The van der Waals surface area contributed by atoms with E-state index in [1.165, 1.54) is 0 Å². The SMILES string of the molecule is CCc1noc(COC(=O)COc2c(I)cc(Cl)c3cccnc23)n1. The van der Waals surface area contributed by atoms with Crippen molar-refractivity contribution in [3.05, 3.63) is 44.7 Å². The third-order valence-electron chi connectivity index (χ3n) is 3.27. The van der Waals surface area contributed by atoms with Crippen LogP contribution in [0.1, 0.15) is 18.6 Å². The second kappa shape index (κ2) is 7.96. The molecule has 0 saturated heterocycles. The quantitative estimate of drug-likeness (QED) is 0.400. The molecule has 0 atom stereocenters. The Morgan fingerprint density at radius 1 is 1.44 bits per heavy atom. The number of aryl methyl sites for hydroxylation is 1. The lowest BCUT2D eigenvalue weighted by Gasteiger charge is -2.11. The van der Waals surface area contributed by atoms with Gasteiger partial charge in [-0.25, -0.2) is 4.79 Å². The minimum absolute atomic E-state index is 0.0914. The van der Waals surface area contributed by atoms with Gasteiger partial charge in [-0.05, 0) is 40.8 Å². The summed E-state index contributed by atoms with van der Waals surface area (Å²) in [6, 6.07) is 5.39. The van der Waals surface area contributed by atoms with Gasteiger partial charge in [0.25, 0.3) is 5.89 Å². The molecule has 3 rings (SSSR count). The zero-order valence-electron chi connectivity index (χ0n) is 13.2. The van der Waals surface area contributed by atoms with Crippen molar-refractivity contribution >= 4 is 51.1 Å². The molecule has 0 unspecified atom stereocenters. The number of rotatable bonds is 6. The minimum Gasteiger partial charge on any atom is -0.478 e. The average Bonchev–Trinajstić information content (AvgIpc) is 3.08. The van der Waals surface area contributed by atoms with Gasteiger partial charge < -0.3 is 14.0 Å². The Morgan fingerprint density at radius 3 is 3.04 bits per heavy atom. The number of carbonyl (C=O) groups excluding carboxylic acids is 1. The van der Waals surface area contributed by atoms with Crippen LogP contribution >= 0.6 is 34.2 Å². The molecule has 0 aliphatic heterocycles. The van der Waals surface area contributed by atoms with Gasteiger partial charge in [0.15, 0.2) is 24.8 Å². The molecule has 2 aromatic heterocycles. The highest BCUT2D eigenvalue weighted by Gasteiger charge is 2.15. The second-order valence-corrected chi connectivity index (χ2v) is 6.55. The van der Waals surface area contributed by atoms with Crippen molar-refractivity contribution in [2.45, 2.75) is 20.0 Å². The number of ether oxygens (including phenoxy) is 2. The smallest absolute Gasteiger partial charge is 0.344 e. The molecule has 0 radical (unpaired) electrons. The molecule has 3 aromatic rings. The predicted octanol–water partition coefficient (Wildman–Crippen LogP) is 3.56. The number of hydrogen-bond donors (Lipinski definition) is 0. The topological polar surface area (TPSA) is 87.3 Å². The van der Waals surface area contributed by atoms with Crippen molar-refractivity contribution in [1.82, 2.24) is 15.1 Å². The largest absolute Gasteiger partial charge is 0.478 e. The van der Waals surface area contributed by atoms with E-state index in [9.17, 15) is 4.79 Å². The molecule has 0 spiro atoms. The van der Waals surface area contributed by atoms with Gasteiger partial charge in [-0.2, -0.15) is 4.98 Å². The molecular weight excluding hydrogens is 461 g/mol. The molecule has 0 aliphatic rings. The number of fused-ring (bicyclic) bond motifs is 1. The zero-order valence-corrected chi connectivity index (χ0v) is 16.1. The van der Waals surface area contributed by atoms with Crippen LogP contribution in [0.15, 0.2) is 28.9 Å². The molecule has 1 aromatic carbocycles. The molecular formula is C16H13ClIN3O4. The molecule has 0 saturated carbocycles. The van der Waals surface area contributed by atoms with Crippen LogP contribution in [-0.4, -0.2) is 27.7 Å². The standard InChI is InChI=1S/C16H13ClIN3O4/c1-2-12-20-13(25-21-12)7-23-14(22)8-24-16-11(18)6-10(17)9-4-3-5-19-15(9)16/h3-6H,2,7-8H2,1H3. The lowest BCUT2D eigenvalue weighted by atomic mass is 10.2. The first-order chi connectivity index (χ1) is 12.1. The van der Waals surface area contributed by atoms with Crippen molar-refractivity contribution < 1.29 is 18.8 Å². The number of benzene rings is 1. The molecule has 9 heteroatoms. The molecule has 2 heterocycles. The molecule has 0 amide bonds. The Morgan fingerprint density at radius 2 is 2.28 bits per heavy atom. The highest BCUT2D eigenvalue weighted by atomic mass is 127. The molecule has 130 valence electrons. The van der Waals surface area contributed by atoms with Gasteiger partial charge in [-0.15, -0.1) is 0 Å². The van der Waals surface area contributed by atoms with Gasteiger partial charge in [0.05, 0.1) is 8.59 Å². The Kier molecular flexibility index (Phi) is 5.69. The second-order valence-electron chi connectivity index (χ2n) is 4.98. The number of nitrogens with zero attached hydrogens (tertiary/aromatic N) is 3. The van der Waals surface area contributed by atoms with Crippen molar-refractivity contribution in [3.63, 3.8) is 0 Å². The van der Waals surface area contributed by atoms with Crippen LogP contribution in [-0.2, 0) is 22.6 Å². The highest BCUT2D eigenvalue weighted by molar-refractivity contribution is 14.1. The van der Waals surface area contributed by atoms with Crippen molar-refractivity contribution in [3.8, 4) is 5.75 Å². The van der Waals surface area contributed by atoms with Gasteiger partial charge in [-0.1, -0.05) is 23.7 Å². The van der Waals surface area contributed by atoms with Crippen molar-refractivity contribution in [2.75, 3.05) is 6.61 Å². The molecule has 7 nitrogen and oxygen atoms in total. The summed E-state index contributed by atoms with van der Waals surface area (Å²) in [5.74, 6) is 0.753. The van der Waals surface area contributed by atoms with E-state index in [-0.39, 0.29) is 19.1 Å². The van der Waals surface area contributed by atoms with E-state index < -0.39 is 5.97 Å². The van der Waals surface area contributed by atoms with E-state index in [2.05, 4.69) is 37.7 Å². The third-order valence-corrected chi connectivity index (χ3v) is 4.38. The van der Waals surface area contributed by atoms with Gasteiger partial charge in [0, 0.05) is 18.0 Å². The number of hydrogen-bond acceptors (Lipinski definition) is 7. The molecule has 0 aliphatic carbocycles. The summed E-state index contributed by atoms with van der Waals surface area (Å²) >= 11 is 8.30. The summed E-state index contributed by atoms with van der Waals surface area (Å²) in [5.41, 5.74) is 0.594. The lowest BCUT2D eigenvalue weighted by Crippen LogP contribution is -2.15. The summed E-state index contributed by atoms with van der Waals surface area (Å²) in [5, 5.41) is 5.06. The van der Waals surface area contributed by atoms with E-state index in [1.54, 1.807) is 18.3 Å². The number of esters is 1. The van der Waals surface area contributed by atoms with Crippen LogP contribution in [0.4, 0.5) is 0 Å². The van der Waals surface area contributed by atoms with Crippen LogP contribution in [0.2, 0.25) is 5.02 Å². The van der Waals surface area contributed by atoms with Gasteiger partial charge in [0.1, 0.15) is 5.52 Å². The van der Waals surface area contributed by atoms with E-state index >= 15 is 0 Å². The van der Waals surface area contributed by atoms with Crippen LogP contribution in [0.25, 0.3) is 10.9 Å². The fraction of sp³-hybridized carbons (Fsp3) is 0.250. The summed E-state index contributed by atoms with van der Waals surface area (Å²) in [4.78, 5) is 20.2. The first-order valence-corrected chi connectivity index (χ1v) is 8.86. The summed E-state index contributed by atoms with van der Waals surface area (Å²) in [6.07, 6.45) is 2.29. The maximum absolute atomic E-state index is 11.9. The van der Waals surface area contributed by atoms with Gasteiger partial charge in [0.2, 0.25) is 0 Å². The van der Waals surface area contributed by atoms with Gasteiger partial charge in [-0.3, -0.25) is 4.98 Å². The number of pyridine rings is 1. The maximum atomic E-state index is 11.9. The molecule has 0 fully saturated rings. The number of halogens is 2. The summed E-state index contributed by atoms with van der Waals surface area (Å²) in [7, 11) is 0. The van der Waals surface area contributed by atoms with Crippen molar-refractivity contribution in [2.24, 2.45) is 0 Å². The normalized spacial score (nSPS) is 10.8.